The first-order valence-corrected chi connectivity index (χ1v) is 13.9. The van der Waals surface area contributed by atoms with Gasteiger partial charge >= 0.3 is 5.97 Å². The molecule has 204 valence electrons. The highest BCUT2D eigenvalue weighted by Gasteiger charge is 2.49. The number of esters is 1. The molecule has 3 rings (SSSR count). The minimum Gasteiger partial charge on any atom is -0.462 e. The van der Waals surface area contributed by atoms with Crippen LogP contribution in [0, 0.1) is 0 Å². The number of ether oxygens (including phenoxy) is 4. The molecule has 0 bridgehead atoms. The molecule has 1 saturated carbocycles. The molecule has 1 atom stereocenters. The number of carbonyl (C=O) groups excluding carboxylic acids is 1. The maximum absolute atomic E-state index is 13.0. The summed E-state index contributed by atoms with van der Waals surface area (Å²) >= 11 is 0. The molecule has 0 aromatic heterocycles. The van der Waals surface area contributed by atoms with Gasteiger partial charge in [-0.25, -0.2) is 0 Å². The standard InChI is InChI=1S/C29H47NO6/c1-6-33-29(34-7-2,35-8-3)22-26(31)32-23-25(24-16-11-9-12-17-24)36-30-27(4,5)18-15-21-28(30)19-13-10-14-20-28/h9,11-12,16-17,25H,6-8,10,13-15,18-23H2,1-5H3. The minimum atomic E-state index is -1.43. The van der Waals surface area contributed by atoms with Crippen molar-refractivity contribution in [1.82, 2.24) is 5.06 Å². The molecule has 0 amide bonds. The van der Waals surface area contributed by atoms with Crippen molar-refractivity contribution >= 4 is 5.97 Å². The Bertz CT molecular complexity index is 770. The van der Waals surface area contributed by atoms with Crippen LogP contribution in [0.4, 0.5) is 0 Å². The fraction of sp³-hybridized carbons (Fsp3) is 0.759. The van der Waals surface area contributed by atoms with E-state index in [1.807, 2.05) is 51.1 Å². The first kappa shape index (κ1) is 29.1. The van der Waals surface area contributed by atoms with E-state index in [2.05, 4.69) is 18.9 Å². The van der Waals surface area contributed by atoms with E-state index in [1.165, 1.54) is 25.7 Å². The SMILES string of the molecule is CCOC(CC(=O)OCC(ON1C(C)(C)CCCC12CCCCC2)c1ccccc1)(OCC)OCC. The van der Waals surface area contributed by atoms with Gasteiger partial charge in [-0.15, -0.1) is 0 Å². The molecule has 7 heteroatoms. The minimum absolute atomic E-state index is 0.0467. The average Bonchev–Trinajstić information content (AvgIpc) is 2.85. The molecule has 1 aromatic rings. The molecule has 36 heavy (non-hydrogen) atoms. The highest BCUT2D eigenvalue weighted by Crippen LogP contribution is 2.48. The molecular weight excluding hydrogens is 458 g/mol. The lowest BCUT2D eigenvalue weighted by Crippen LogP contribution is -2.62. The monoisotopic (exact) mass is 505 g/mol. The van der Waals surface area contributed by atoms with Crippen LogP contribution in [-0.4, -0.2) is 54.5 Å². The van der Waals surface area contributed by atoms with Crippen LogP contribution < -0.4 is 0 Å². The van der Waals surface area contributed by atoms with Crippen LogP contribution >= 0.6 is 0 Å². The first-order chi connectivity index (χ1) is 17.3. The molecule has 1 aliphatic carbocycles. The number of rotatable bonds is 13. The number of carbonyl (C=O) groups is 1. The number of benzene rings is 1. The molecular formula is C29H47NO6. The normalized spacial score (nSPS) is 20.8. The summed E-state index contributed by atoms with van der Waals surface area (Å²) in [4.78, 5) is 19.9. The van der Waals surface area contributed by atoms with Crippen LogP contribution in [0.25, 0.3) is 0 Å². The molecule has 0 N–H and O–H groups in total. The van der Waals surface area contributed by atoms with E-state index in [0.29, 0.717) is 19.8 Å². The Kier molecular flexibility index (Phi) is 10.8. The number of hydrogen-bond donors (Lipinski definition) is 0. The van der Waals surface area contributed by atoms with E-state index in [9.17, 15) is 4.79 Å². The number of piperidine rings is 1. The van der Waals surface area contributed by atoms with E-state index in [1.54, 1.807) is 0 Å². The summed E-state index contributed by atoms with van der Waals surface area (Å²) in [5.41, 5.74) is 0.939. The van der Waals surface area contributed by atoms with E-state index < -0.39 is 18.0 Å². The predicted molar refractivity (Wildman–Crippen MR) is 139 cm³/mol. The van der Waals surface area contributed by atoms with Crippen LogP contribution in [-0.2, 0) is 28.6 Å². The summed E-state index contributed by atoms with van der Waals surface area (Å²) in [6, 6.07) is 10.0. The lowest BCUT2D eigenvalue weighted by molar-refractivity contribution is -0.376. The topological polar surface area (TPSA) is 66.5 Å². The summed E-state index contributed by atoms with van der Waals surface area (Å²) in [6.45, 7) is 11.3. The van der Waals surface area contributed by atoms with E-state index in [-0.39, 0.29) is 24.1 Å². The van der Waals surface area contributed by atoms with Gasteiger partial charge in [-0.05, 0) is 72.3 Å². The molecule has 1 aliphatic heterocycles. The maximum Gasteiger partial charge on any atom is 0.314 e. The van der Waals surface area contributed by atoms with Crippen molar-refractivity contribution in [2.75, 3.05) is 26.4 Å². The van der Waals surface area contributed by atoms with Crippen molar-refractivity contribution in [1.29, 1.82) is 0 Å². The third kappa shape index (κ3) is 7.29. The van der Waals surface area contributed by atoms with Crippen LogP contribution in [0.1, 0.15) is 104 Å². The number of nitrogens with zero attached hydrogens (tertiary/aromatic N) is 1. The van der Waals surface area contributed by atoms with Crippen molar-refractivity contribution in [2.45, 2.75) is 116 Å². The highest BCUT2D eigenvalue weighted by atomic mass is 16.9. The van der Waals surface area contributed by atoms with Crippen LogP contribution in [0.3, 0.4) is 0 Å². The van der Waals surface area contributed by atoms with Crippen molar-refractivity contribution in [3.63, 3.8) is 0 Å². The maximum atomic E-state index is 13.0. The highest BCUT2D eigenvalue weighted by molar-refractivity contribution is 5.70. The summed E-state index contributed by atoms with van der Waals surface area (Å²) in [7, 11) is 0. The van der Waals surface area contributed by atoms with E-state index in [0.717, 1.165) is 31.2 Å². The molecule has 2 aliphatic rings. The summed E-state index contributed by atoms with van der Waals surface area (Å²) < 4.78 is 22.9. The Labute approximate surface area is 217 Å². The van der Waals surface area contributed by atoms with Crippen molar-refractivity contribution in [2.24, 2.45) is 0 Å². The quantitative estimate of drug-likeness (QED) is 0.229. The Morgan fingerprint density at radius 1 is 0.889 bits per heavy atom. The van der Waals surface area contributed by atoms with Gasteiger partial charge in [-0.2, -0.15) is 5.06 Å². The van der Waals surface area contributed by atoms with Gasteiger partial charge in [-0.1, -0.05) is 49.6 Å². The zero-order valence-corrected chi connectivity index (χ0v) is 23.1. The van der Waals surface area contributed by atoms with Crippen molar-refractivity contribution in [3.8, 4) is 0 Å². The van der Waals surface area contributed by atoms with Gasteiger partial charge in [0.05, 0.1) is 0 Å². The molecule has 1 heterocycles. The smallest absolute Gasteiger partial charge is 0.314 e. The molecule has 1 unspecified atom stereocenters. The third-order valence-electron chi connectivity index (χ3n) is 7.45. The lowest BCUT2D eigenvalue weighted by Gasteiger charge is -2.56. The molecule has 1 aromatic carbocycles. The summed E-state index contributed by atoms with van der Waals surface area (Å²) in [6.07, 6.45) is 8.94. The van der Waals surface area contributed by atoms with Gasteiger partial charge in [0.15, 0.2) is 0 Å². The van der Waals surface area contributed by atoms with Crippen LogP contribution in [0.5, 0.6) is 0 Å². The van der Waals surface area contributed by atoms with Gasteiger partial charge in [0.1, 0.15) is 19.1 Å². The summed E-state index contributed by atoms with van der Waals surface area (Å²) in [5, 5.41) is 2.29. The van der Waals surface area contributed by atoms with E-state index in [4.69, 9.17) is 23.8 Å². The fourth-order valence-electron chi connectivity index (χ4n) is 5.93. The first-order valence-electron chi connectivity index (χ1n) is 13.9. The van der Waals surface area contributed by atoms with Gasteiger partial charge in [0.25, 0.3) is 5.97 Å². The van der Waals surface area contributed by atoms with E-state index >= 15 is 0 Å². The predicted octanol–water partition coefficient (Wildman–Crippen LogP) is 6.32. The van der Waals surface area contributed by atoms with Gasteiger partial charge in [-0.3, -0.25) is 9.63 Å². The Morgan fingerprint density at radius 2 is 1.47 bits per heavy atom. The van der Waals surface area contributed by atoms with Gasteiger partial charge in [0, 0.05) is 30.9 Å². The molecule has 1 saturated heterocycles. The molecule has 1 spiro atoms. The van der Waals surface area contributed by atoms with Crippen molar-refractivity contribution in [3.05, 3.63) is 35.9 Å². The lowest BCUT2D eigenvalue weighted by atomic mass is 9.72. The molecule has 2 fully saturated rings. The Balaban J connectivity index is 1.78. The second kappa shape index (κ2) is 13.3. The second-order valence-corrected chi connectivity index (χ2v) is 10.6. The van der Waals surface area contributed by atoms with Crippen molar-refractivity contribution < 1.29 is 28.6 Å². The van der Waals surface area contributed by atoms with Crippen LogP contribution in [0.2, 0.25) is 0 Å². The number of hydrogen-bond acceptors (Lipinski definition) is 7. The Hall–Kier alpha value is -1.51. The van der Waals surface area contributed by atoms with Gasteiger partial charge in [0.2, 0.25) is 0 Å². The zero-order chi connectivity index (χ0) is 26.1. The largest absolute Gasteiger partial charge is 0.462 e. The second-order valence-electron chi connectivity index (χ2n) is 10.6. The number of hydroxylamine groups is 2. The van der Waals surface area contributed by atoms with Gasteiger partial charge < -0.3 is 18.9 Å². The summed E-state index contributed by atoms with van der Waals surface area (Å²) in [5.74, 6) is -1.88. The zero-order valence-electron chi connectivity index (χ0n) is 23.1. The molecule has 7 nitrogen and oxygen atoms in total. The average molecular weight is 506 g/mol. The third-order valence-corrected chi connectivity index (χ3v) is 7.45. The fourth-order valence-corrected chi connectivity index (χ4v) is 5.93. The Morgan fingerprint density at radius 3 is 2.06 bits per heavy atom. The molecule has 0 radical (unpaired) electrons. The van der Waals surface area contributed by atoms with Crippen LogP contribution in [0.15, 0.2) is 30.3 Å².